The number of carbonyl (C=O) groups is 2. The second kappa shape index (κ2) is 8.21. The van der Waals surface area contributed by atoms with Crippen molar-refractivity contribution >= 4 is 23.2 Å². The lowest BCUT2D eigenvalue weighted by atomic mass is 10.0. The number of aromatic nitrogens is 1. The molecule has 1 saturated heterocycles. The molecule has 3 aromatic rings. The van der Waals surface area contributed by atoms with Crippen molar-refractivity contribution in [1.82, 2.24) is 15.2 Å². The van der Waals surface area contributed by atoms with E-state index < -0.39 is 0 Å². The third-order valence-electron chi connectivity index (χ3n) is 5.09. The highest BCUT2D eigenvalue weighted by molar-refractivity contribution is 7.17. The maximum atomic E-state index is 13.0. The fraction of sp³-hybridized carbons (Fsp3) is 0.318. The van der Waals surface area contributed by atoms with Crippen LogP contribution in [0.2, 0.25) is 0 Å². The molecule has 0 unspecified atom stereocenters. The van der Waals surface area contributed by atoms with Crippen LogP contribution in [0.5, 0.6) is 0 Å². The van der Waals surface area contributed by atoms with E-state index in [1.54, 1.807) is 12.1 Å². The second-order valence-electron chi connectivity index (χ2n) is 7.25. The van der Waals surface area contributed by atoms with E-state index >= 15 is 0 Å². The van der Waals surface area contributed by atoms with Crippen LogP contribution in [0.15, 0.2) is 46.9 Å². The number of aryl methyl sites for hydroxylation is 2. The van der Waals surface area contributed by atoms with Crippen LogP contribution in [0.4, 0.5) is 0 Å². The highest BCUT2D eigenvalue weighted by Crippen LogP contribution is 2.29. The summed E-state index contributed by atoms with van der Waals surface area (Å²) in [5.74, 6) is 0.863. The van der Waals surface area contributed by atoms with Crippen LogP contribution in [0.25, 0.3) is 10.6 Å². The fourth-order valence-electron chi connectivity index (χ4n) is 3.48. The highest BCUT2D eigenvalue weighted by atomic mass is 32.1. The molecule has 2 aromatic heterocycles. The van der Waals surface area contributed by atoms with E-state index in [4.69, 9.17) is 4.42 Å². The van der Waals surface area contributed by atoms with Gasteiger partial charge in [0.05, 0.1) is 5.69 Å². The normalized spacial score (nSPS) is 14.8. The number of nitrogens with zero attached hydrogens (tertiary/aromatic N) is 2. The Kier molecular flexibility index (Phi) is 5.49. The first-order chi connectivity index (χ1) is 14.0. The van der Waals surface area contributed by atoms with Crippen LogP contribution in [0, 0.1) is 13.8 Å². The Hall–Kier alpha value is -2.93. The first-order valence-corrected chi connectivity index (χ1v) is 10.5. The smallest absolute Gasteiger partial charge is 0.287 e. The first kappa shape index (κ1) is 19.4. The number of piperidine rings is 1. The topological polar surface area (TPSA) is 75.4 Å². The van der Waals surface area contributed by atoms with Crippen molar-refractivity contribution in [2.75, 3.05) is 13.1 Å². The van der Waals surface area contributed by atoms with Crippen LogP contribution in [-0.4, -0.2) is 40.8 Å². The van der Waals surface area contributed by atoms with Gasteiger partial charge in [0, 0.05) is 24.7 Å². The predicted octanol–water partition coefficient (Wildman–Crippen LogP) is 4.05. The van der Waals surface area contributed by atoms with Crippen molar-refractivity contribution in [1.29, 1.82) is 0 Å². The average molecular weight is 410 g/mol. The van der Waals surface area contributed by atoms with E-state index in [0.29, 0.717) is 29.5 Å². The van der Waals surface area contributed by atoms with Gasteiger partial charge in [-0.15, -0.1) is 11.3 Å². The van der Waals surface area contributed by atoms with Crippen molar-refractivity contribution in [3.63, 3.8) is 0 Å². The molecular formula is C22H23N3O3S. The summed E-state index contributed by atoms with van der Waals surface area (Å²) in [7, 11) is 0. The molecule has 3 heterocycles. The van der Waals surface area contributed by atoms with Gasteiger partial charge in [-0.3, -0.25) is 9.59 Å². The van der Waals surface area contributed by atoms with Gasteiger partial charge in [-0.2, -0.15) is 0 Å². The van der Waals surface area contributed by atoms with Gasteiger partial charge >= 0.3 is 0 Å². The largest absolute Gasteiger partial charge is 0.456 e. The molecule has 0 bridgehead atoms. The molecule has 1 N–H and O–H groups in total. The predicted molar refractivity (Wildman–Crippen MR) is 112 cm³/mol. The van der Waals surface area contributed by atoms with Crippen LogP contribution in [0.1, 0.15) is 44.5 Å². The Balaban J connectivity index is 1.37. The summed E-state index contributed by atoms with van der Waals surface area (Å²) in [6.07, 6.45) is 1.45. The number of carbonyl (C=O) groups excluding carboxylic acids is 2. The van der Waals surface area contributed by atoms with Gasteiger partial charge in [0.15, 0.2) is 5.76 Å². The molecule has 1 aromatic carbocycles. The molecule has 150 valence electrons. The van der Waals surface area contributed by atoms with Gasteiger partial charge in [-0.05, 0) is 38.8 Å². The van der Waals surface area contributed by atoms with Crippen LogP contribution in [-0.2, 0) is 0 Å². The first-order valence-electron chi connectivity index (χ1n) is 9.70. The van der Waals surface area contributed by atoms with Gasteiger partial charge < -0.3 is 14.6 Å². The van der Waals surface area contributed by atoms with Crippen molar-refractivity contribution in [2.24, 2.45) is 0 Å². The SMILES string of the molecule is Cc1ccc(C(=O)NC2CCN(C(=O)c3sc(-c4ccccc4)nc3C)CC2)o1. The minimum atomic E-state index is -0.200. The molecule has 0 atom stereocenters. The van der Waals surface area contributed by atoms with Crippen molar-refractivity contribution in [3.8, 4) is 10.6 Å². The van der Waals surface area contributed by atoms with E-state index in [9.17, 15) is 9.59 Å². The average Bonchev–Trinajstić information content (AvgIpc) is 3.34. The molecule has 7 heteroatoms. The number of nitrogens with one attached hydrogen (secondary N) is 1. The van der Waals surface area contributed by atoms with Crippen molar-refractivity contribution in [3.05, 3.63) is 64.6 Å². The Morgan fingerprint density at radius 1 is 1.10 bits per heavy atom. The summed E-state index contributed by atoms with van der Waals surface area (Å²) in [5, 5.41) is 3.87. The lowest BCUT2D eigenvalue weighted by Crippen LogP contribution is -2.46. The number of rotatable bonds is 4. The van der Waals surface area contributed by atoms with Crippen LogP contribution < -0.4 is 5.32 Å². The molecule has 6 nitrogen and oxygen atoms in total. The number of thiazole rings is 1. The van der Waals surface area contributed by atoms with Crippen LogP contribution in [0.3, 0.4) is 0 Å². The minimum Gasteiger partial charge on any atom is -0.456 e. The molecule has 0 aliphatic carbocycles. The lowest BCUT2D eigenvalue weighted by Gasteiger charge is -2.32. The molecule has 0 spiro atoms. The Labute approximate surface area is 173 Å². The summed E-state index contributed by atoms with van der Waals surface area (Å²) < 4.78 is 5.37. The van der Waals surface area contributed by atoms with Crippen molar-refractivity contribution in [2.45, 2.75) is 32.7 Å². The highest BCUT2D eigenvalue weighted by Gasteiger charge is 2.27. The molecule has 2 amide bonds. The molecule has 0 saturated carbocycles. The van der Waals surface area contributed by atoms with E-state index in [1.807, 2.05) is 49.1 Å². The Bertz CT molecular complexity index is 1020. The Morgan fingerprint density at radius 2 is 1.83 bits per heavy atom. The van der Waals surface area contributed by atoms with E-state index in [0.717, 1.165) is 29.1 Å². The number of hydrogen-bond donors (Lipinski definition) is 1. The molecule has 29 heavy (non-hydrogen) atoms. The van der Waals surface area contributed by atoms with E-state index in [1.165, 1.54) is 11.3 Å². The zero-order valence-electron chi connectivity index (χ0n) is 16.5. The maximum absolute atomic E-state index is 13.0. The zero-order chi connectivity index (χ0) is 20.4. The van der Waals surface area contributed by atoms with Gasteiger partial charge in [-0.1, -0.05) is 30.3 Å². The number of amides is 2. The number of likely N-dealkylation sites (tertiary alicyclic amines) is 1. The van der Waals surface area contributed by atoms with Gasteiger partial charge in [0.2, 0.25) is 0 Å². The Morgan fingerprint density at radius 3 is 2.48 bits per heavy atom. The molecule has 1 aliphatic rings. The molecule has 0 radical (unpaired) electrons. The molecule has 1 fully saturated rings. The van der Waals surface area contributed by atoms with E-state index in [2.05, 4.69) is 10.3 Å². The standard InChI is InChI=1S/C22H23N3O3S/c1-14-8-9-18(28-14)20(26)24-17-10-12-25(13-11-17)22(27)19-15(2)23-21(29-19)16-6-4-3-5-7-16/h3-9,17H,10-13H2,1-2H3,(H,24,26). The number of hydrogen-bond acceptors (Lipinski definition) is 5. The zero-order valence-corrected chi connectivity index (χ0v) is 17.3. The molecule has 4 rings (SSSR count). The van der Waals surface area contributed by atoms with Crippen molar-refractivity contribution < 1.29 is 14.0 Å². The summed E-state index contributed by atoms with van der Waals surface area (Å²) in [6, 6.07) is 13.4. The summed E-state index contributed by atoms with van der Waals surface area (Å²) in [6.45, 7) is 4.91. The van der Waals surface area contributed by atoms with Gasteiger partial charge in [-0.25, -0.2) is 4.98 Å². The summed E-state index contributed by atoms with van der Waals surface area (Å²) in [5.41, 5.74) is 1.79. The third-order valence-corrected chi connectivity index (χ3v) is 6.29. The lowest BCUT2D eigenvalue weighted by molar-refractivity contribution is 0.0699. The van der Waals surface area contributed by atoms with E-state index in [-0.39, 0.29) is 17.9 Å². The number of benzene rings is 1. The third kappa shape index (κ3) is 4.24. The molecule has 1 aliphatic heterocycles. The molecular weight excluding hydrogens is 386 g/mol. The number of furan rings is 1. The summed E-state index contributed by atoms with van der Waals surface area (Å²) in [4.78, 5) is 32.4. The minimum absolute atomic E-state index is 0.0219. The maximum Gasteiger partial charge on any atom is 0.287 e. The summed E-state index contributed by atoms with van der Waals surface area (Å²) >= 11 is 1.44. The fourth-order valence-corrected chi connectivity index (χ4v) is 4.52. The quantitative estimate of drug-likeness (QED) is 0.705. The van der Waals surface area contributed by atoms with Gasteiger partial charge in [0.1, 0.15) is 15.6 Å². The van der Waals surface area contributed by atoms with Crippen LogP contribution >= 0.6 is 11.3 Å². The van der Waals surface area contributed by atoms with Gasteiger partial charge in [0.25, 0.3) is 11.8 Å². The second-order valence-corrected chi connectivity index (χ2v) is 8.25. The monoisotopic (exact) mass is 409 g/mol.